The van der Waals surface area contributed by atoms with E-state index in [0.29, 0.717) is 0 Å². The van der Waals surface area contributed by atoms with Gasteiger partial charge in [0.1, 0.15) is 11.3 Å². The lowest BCUT2D eigenvalue weighted by molar-refractivity contribution is 0.282. The zero-order valence-electron chi connectivity index (χ0n) is 9.44. The van der Waals surface area contributed by atoms with Crippen LogP contribution in [0.3, 0.4) is 0 Å². The van der Waals surface area contributed by atoms with Crippen molar-refractivity contribution in [3.63, 3.8) is 0 Å². The lowest BCUT2D eigenvalue weighted by Crippen LogP contribution is -2.20. The fraction of sp³-hybridized carbons (Fsp3) is 0.385. The quantitative estimate of drug-likeness (QED) is 0.759. The minimum absolute atomic E-state index is 0.180. The Morgan fingerprint density at radius 1 is 1.38 bits per heavy atom. The number of furan rings is 1. The summed E-state index contributed by atoms with van der Waals surface area (Å²) in [7, 11) is 0. The van der Waals surface area contributed by atoms with Crippen LogP contribution in [-0.4, -0.2) is 18.3 Å². The normalized spacial score (nSPS) is 13.1. The Labute approximate surface area is 95.1 Å². The zero-order valence-corrected chi connectivity index (χ0v) is 9.44. The molecule has 2 rings (SSSR count). The van der Waals surface area contributed by atoms with Crippen molar-refractivity contribution in [1.82, 2.24) is 5.32 Å². The lowest BCUT2D eigenvalue weighted by Gasteiger charge is -2.09. The molecule has 1 heterocycles. The molecule has 16 heavy (non-hydrogen) atoms. The van der Waals surface area contributed by atoms with E-state index >= 15 is 0 Å². The molecule has 0 amide bonds. The van der Waals surface area contributed by atoms with Gasteiger partial charge < -0.3 is 14.8 Å². The molecule has 0 radical (unpaired) electrons. The van der Waals surface area contributed by atoms with E-state index in [0.717, 1.165) is 29.7 Å². The highest BCUT2D eigenvalue weighted by Gasteiger charge is 2.09. The molecule has 86 valence electrons. The summed E-state index contributed by atoms with van der Waals surface area (Å²) in [6.07, 6.45) is 0.768. The molecule has 0 saturated carbocycles. The number of aliphatic hydroxyl groups is 1. The minimum atomic E-state index is 0.180. The van der Waals surface area contributed by atoms with Crippen molar-refractivity contribution in [1.29, 1.82) is 0 Å². The van der Waals surface area contributed by atoms with Gasteiger partial charge in [0.2, 0.25) is 0 Å². The predicted molar refractivity (Wildman–Crippen MR) is 64.3 cm³/mol. The van der Waals surface area contributed by atoms with Crippen molar-refractivity contribution in [2.24, 2.45) is 0 Å². The smallest absolute Gasteiger partial charge is 0.134 e. The van der Waals surface area contributed by atoms with Crippen molar-refractivity contribution < 1.29 is 9.52 Å². The Morgan fingerprint density at radius 2 is 2.19 bits per heavy atom. The second kappa shape index (κ2) is 5.14. The molecule has 1 atom stereocenters. The van der Waals surface area contributed by atoms with Crippen LogP contribution in [0.15, 0.2) is 34.7 Å². The van der Waals surface area contributed by atoms with Gasteiger partial charge in [-0.3, -0.25) is 0 Å². The van der Waals surface area contributed by atoms with E-state index in [1.165, 1.54) is 0 Å². The van der Waals surface area contributed by atoms with E-state index in [1.807, 2.05) is 24.3 Å². The number of benzene rings is 1. The molecule has 0 aliphatic heterocycles. The summed E-state index contributed by atoms with van der Waals surface area (Å²) in [5, 5.41) is 13.1. The highest BCUT2D eigenvalue weighted by atomic mass is 16.3. The fourth-order valence-electron chi connectivity index (χ4n) is 1.71. The van der Waals surface area contributed by atoms with Crippen LogP contribution in [-0.2, 0) is 0 Å². The molecule has 0 aliphatic rings. The van der Waals surface area contributed by atoms with Crippen LogP contribution in [0.2, 0.25) is 0 Å². The number of para-hydroxylation sites is 1. The SMILES string of the molecule is CC(NCCCO)c1cc2ccccc2o1. The van der Waals surface area contributed by atoms with Crippen LogP contribution in [0.4, 0.5) is 0 Å². The molecule has 3 nitrogen and oxygen atoms in total. The maximum atomic E-state index is 8.70. The predicted octanol–water partition coefficient (Wildman–Crippen LogP) is 2.47. The second-order valence-corrected chi connectivity index (χ2v) is 3.94. The molecule has 1 aromatic heterocycles. The number of aliphatic hydroxyl groups excluding tert-OH is 1. The van der Waals surface area contributed by atoms with Crippen molar-refractivity contribution in [3.8, 4) is 0 Å². The Balaban J connectivity index is 2.07. The van der Waals surface area contributed by atoms with Crippen LogP contribution >= 0.6 is 0 Å². The van der Waals surface area contributed by atoms with Crippen LogP contribution in [0.25, 0.3) is 11.0 Å². The van der Waals surface area contributed by atoms with E-state index in [4.69, 9.17) is 9.52 Å². The van der Waals surface area contributed by atoms with Crippen LogP contribution in [0.1, 0.15) is 25.1 Å². The average molecular weight is 219 g/mol. The summed E-state index contributed by atoms with van der Waals surface area (Å²) in [6.45, 7) is 3.09. The van der Waals surface area contributed by atoms with Gasteiger partial charge in [-0.25, -0.2) is 0 Å². The summed E-state index contributed by atoms with van der Waals surface area (Å²) >= 11 is 0. The Kier molecular flexibility index (Phi) is 3.59. The van der Waals surface area contributed by atoms with E-state index in [-0.39, 0.29) is 12.6 Å². The molecule has 2 aromatic rings. The fourth-order valence-corrected chi connectivity index (χ4v) is 1.71. The van der Waals surface area contributed by atoms with Crippen LogP contribution in [0.5, 0.6) is 0 Å². The zero-order chi connectivity index (χ0) is 11.4. The molecule has 0 bridgehead atoms. The Hall–Kier alpha value is -1.32. The molecule has 0 fully saturated rings. The van der Waals surface area contributed by atoms with Gasteiger partial charge in [0, 0.05) is 12.0 Å². The first kappa shape index (κ1) is 11.2. The summed E-state index contributed by atoms with van der Waals surface area (Å²) < 4.78 is 5.74. The Morgan fingerprint density at radius 3 is 2.94 bits per heavy atom. The highest BCUT2D eigenvalue weighted by Crippen LogP contribution is 2.23. The topological polar surface area (TPSA) is 45.4 Å². The third-order valence-corrected chi connectivity index (χ3v) is 2.66. The van der Waals surface area contributed by atoms with Gasteiger partial charge in [0.05, 0.1) is 6.04 Å². The number of fused-ring (bicyclic) bond motifs is 1. The maximum absolute atomic E-state index is 8.70. The summed E-state index contributed by atoms with van der Waals surface area (Å²) in [5.41, 5.74) is 0.924. The maximum Gasteiger partial charge on any atom is 0.134 e. The van der Waals surface area contributed by atoms with E-state index in [9.17, 15) is 0 Å². The lowest BCUT2D eigenvalue weighted by atomic mass is 10.2. The molecular weight excluding hydrogens is 202 g/mol. The van der Waals surface area contributed by atoms with Gasteiger partial charge in [-0.15, -0.1) is 0 Å². The molecule has 3 heteroatoms. The highest BCUT2D eigenvalue weighted by molar-refractivity contribution is 5.77. The largest absolute Gasteiger partial charge is 0.459 e. The van der Waals surface area contributed by atoms with E-state index < -0.39 is 0 Å². The number of nitrogens with one attached hydrogen (secondary N) is 1. The van der Waals surface area contributed by atoms with Gasteiger partial charge in [-0.05, 0) is 32.0 Å². The molecule has 0 aliphatic carbocycles. The second-order valence-electron chi connectivity index (χ2n) is 3.94. The first-order valence-corrected chi connectivity index (χ1v) is 5.64. The van der Waals surface area contributed by atoms with Crippen LogP contribution < -0.4 is 5.32 Å². The molecule has 1 unspecified atom stereocenters. The van der Waals surface area contributed by atoms with Crippen LogP contribution in [0, 0.1) is 0 Å². The summed E-state index contributed by atoms with van der Waals surface area (Å²) in [5.74, 6) is 0.944. The molecular formula is C13H17NO2. The van der Waals surface area contributed by atoms with E-state index in [1.54, 1.807) is 0 Å². The van der Waals surface area contributed by atoms with Crippen molar-refractivity contribution in [2.75, 3.05) is 13.2 Å². The summed E-state index contributed by atoms with van der Waals surface area (Å²) in [4.78, 5) is 0. The Bertz CT molecular complexity index is 417. The van der Waals surface area contributed by atoms with Gasteiger partial charge >= 0.3 is 0 Å². The average Bonchev–Trinajstić information content (AvgIpc) is 2.73. The first-order chi connectivity index (χ1) is 7.81. The molecule has 2 N–H and O–H groups in total. The van der Waals surface area contributed by atoms with Gasteiger partial charge in [-0.2, -0.15) is 0 Å². The summed E-state index contributed by atoms with van der Waals surface area (Å²) in [6, 6.07) is 10.2. The van der Waals surface area contributed by atoms with Crippen molar-refractivity contribution >= 4 is 11.0 Å². The molecule has 0 spiro atoms. The van der Waals surface area contributed by atoms with Crippen molar-refractivity contribution in [2.45, 2.75) is 19.4 Å². The number of hydrogen-bond acceptors (Lipinski definition) is 3. The molecule has 0 saturated heterocycles. The third kappa shape index (κ3) is 2.43. The first-order valence-electron chi connectivity index (χ1n) is 5.64. The number of hydrogen-bond donors (Lipinski definition) is 2. The van der Waals surface area contributed by atoms with Gasteiger partial charge in [-0.1, -0.05) is 18.2 Å². The number of rotatable bonds is 5. The standard InChI is InChI=1S/C13H17NO2/c1-10(14-7-4-8-15)13-9-11-5-2-3-6-12(11)16-13/h2-3,5-6,9-10,14-15H,4,7-8H2,1H3. The third-order valence-electron chi connectivity index (χ3n) is 2.66. The molecule has 1 aromatic carbocycles. The van der Waals surface area contributed by atoms with Gasteiger partial charge in [0.15, 0.2) is 0 Å². The van der Waals surface area contributed by atoms with Crippen molar-refractivity contribution in [3.05, 3.63) is 36.1 Å². The van der Waals surface area contributed by atoms with Gasteiger partial charge in [0.25, 0.3) is 0 Å². The minimum Gasteiger partial charge on any atom is -0.459 e. The van der Waals surface area contributed by atoms with E-state index in [2.05, 4.69) is 18.3 Å². The monoisotopic (exact) mass is 219 g/mol.